The molecule has 3 rings (SSSR count). The SMILES string of the molecule is NC(=S)c1c(F)cccc1Nc1ccc2ccccc2c1. The highest BCUT2D eigenvalue weighted by molar-refractivity contribution is 7.80. The molecule has 3 aromatic rings. The van der Waals surface area contributed by atoms with E-state index in [0.29, 0.717) is 5.69 Å². The van der Waals surface area contributed by atoms with Gasteiger partial charge in [-0.1, -0.05) is 48.6 Å². The predicted octanol–water partition coefficient (Wildman–Crippen LogP) is 4.36. The Balaban J connectivity index is 2.02. The Kier molecular flexibility index (Phi) is 3.54. The smallest absolute Gasteiger partial charge is 0.135 e. The molecule has 3 N–H and O–H groups in total. The highest BCUT2D eigenvalue weighted by Gasteiger charge is 2.11. The molecule has 0 atom stereocenters. The van der Waals surface area contributed by atoms with Gasteiger partial charge in [-0.25, -0.2) is 4.39 Å². The normalized spacial score (nSPS) is 10.5. The maximum Gasteiger partial charge on any atom is 0.135 e. The van der Waals surface area contributed by atoms with E-state index >= 15 is 0 Å². The third-order valence-corrected chi connectivity index (χ3v) is 3.49. The summed E-state index contributed by atoms with van der Waals surface area (Å²) in [5.74, 6) is -0.423. The molecule has 3 aromatic carbocycles. The van der Waals surface area contributed by atoms with E-state index in [-0.39, 0.29) is 10.6 Å². The van der Waals surface area contributed by atoms with Gasteiger partial charge in [-0.2, -0.15) is 0 Å². The fourth-order valence-corrected chi connectivity index (χ4v) is 2.51. The third kappa shape index (κ3) is 2.71. The van der Waals surface area contributed by atoms with Gasteiger partial charge in [0.05, 0.1) is 11.3 Å². The standard InChI is InChI=1S/C17H13FN2S/c18-14-6-3-7-15(16(14)17(19)21)20-13-9-8-11-4-1-2-5-12(11)10-13/h1-10,20H,(H2,19,21). The van der Waals surface area contributed by atoms with Crippen molar-refractivity contribution >= 4 is 39.4 Å². The summed E-state index contributed by atoms with van der Waals surface area (Å²) in [5.41, 5.74) is 7.27. The Labute approximate surface area is 127 Å². The van der Waals surface area contributed by atoms with E-state index in [0.717, 1.165) is 16.5 Å². The van der Waals surface area contributed by atoms with E-state index in [1.807, 2.05) is 42.5 Å². The van der Waals surface area contributed by atoms with Crippen molar-refractivity contribution in [3.8, 4) is 0 Å². The number of hydrogen-bond acceptors (Lipinski definition) is 2. The van der Waals surface area contributed by atoms with Crippen LogP contribution in [-0.4, -0.2) is 4.99 Å². The lowest BCUT2D eigenvalue weighted by molar-refractivity contribution is 0.626. The molecule has 2 nitrogen and oxygen atoms in total. The molecule has 0 radical (unpaired) electrons. The first-order valence-corrected chi connectivity index (χ1v) is 6.90. The topological polar surface area (TPSA) is 38.0 Å². The predicted molar refractivity (Wildman–Crippen MR) is 89.5 cm³/mol. The zero-order valence-corrected chi connectivity index (χ0v) is 12.0. The summed E-state index contributed by atoms with van der Waals surface area (Å²) < 4.78 is 13.8. The molecule has 21 heavy (non-hydrogen) atoms. The van der Waals surface area contributed by atoms with Gasteiger partial charge in [-0.3, -0.25) is 0 Å². The molecule has 0 fully saturated rings. The summed E-state index contributed by atoms with van der Waals surface area (Å²) in [7, 11) is 0. The van der Waals surface area contributed by atoms with Crippen LogP contribution in [0.4, 0.5) is 15.8 Å². The van der Waals surface area contributed by atoms with Crippen LogP contribution in [0.3, 0.4) is 0 Å². The van der Waals surface area contributed by atoms with E-state index < -0.39 is 5.82 Å². The molecule has 0 aromatic heterocycles. The van der Waals surface area contributed by atoms with Gasteiger partial charge in [0.1, 0.15) is 10.8 Å². The fraction of sp³-hybridized carbons (Fsp3) is 0. The molecular formula is C17H13FN2S. The zero-order valence-electron chi connectivity index (χ0n) is 11.1. The zero-order chi connectivity index (χ0) is 14.8. The molecule has 4 heteroatoms. The van der Waals surface area contributed by atoms with Crippen LogP contribution >= 0.6 is 12.2 Å². The molecule has 0 spiro atoms. The average molecular weight is 296 g/mol. The van der Waals surface area contributed by atoms with Crippen molar-refractivity contribution < 1.29 is 4.39 Å². The number of nitrogens with two attached hydrogens (primary N) is 1. The molecule has 0 amide bonds. The highest BCUT2D eigenvalue weighted by atomic mass is 32.1. The van der Waals surface area contributed by atoms with Gasteiger partial charge in [-0.05, 0) is 35.0 Å². The Morgan fingerprint density at radius 1 is 0.952 bits per heavy atom. The van der Waals surface area contributed by atoms with E-state index in [1.54, 1.807) is 12.1 Å². The lowest BCUT2D eigenvalue weighted by Gasteiger charge is -2.12. The fourth-order valence-electron chi connectivity index (χ4n) is 2.30. The van der Waals surface area contributed by atoms with Gasteiger partial charge in [-0.15, -0.1) is 0 Å². The Morgan fingerprint density at radius 2 is 1.71 bits per heavy atom. The number of hydrogen-bond donors (Lipinski definition) is 2. The van der Waals surface area contributed by atoms with Gasteiger partial charge in [0, 0.05) is 5.69 Å². The van der Waals surface area contributed by atoms with Crippen molar-refractivity contribution in [2.75, 3.05) is 5.32 Å². The van der Waals surface area contributed by atoms with Crippen LogP contribution in [-0.2, 0) is 0 Å². The first-order valence-electron chi connectivity index (χ1n) is 6.49. The minimum Gasteiger partial charge on any atom is -0.389 e. The number of thiocarbonyl (C=S) groups is 1. The highest BCUT2D eigenvalue weighted by Crippen LogP contribution is 2.25. The number of anilines is 2. The third-order valence-electron chi connectivity index (χ3n) is 3.29. The molecule has 0 bridgehead atoms. The van der Waals surface area contributed by atoms with Crippen molar-refractivity contribution in [2.45, 2.75) is 0 Å². The monoisotopic (exact) mass is 296 g/mol. The van der Waals surface area contributed by atoms with Gasteiger partial charge in [0.25, 0.3) is 0 Å². The molecule has 0 aliphatic heterocycles. The summed E-state index contributed by atoms with van der Waals surface area (Å²) in [4.78, 5) is 0.0383. The van der Waals surface area contributed by atoms with Gasteiger partial charge < -0.3 is 11.1 Å². The maximum atomic E-state index is 13.8. The van der Waals surface area contributed by atoms with E-state index in [2.05, 4.69) is 5.32 Å². The van der Waals surface area contributed by atoms with Crippen LogP contribution in [0.2, 0.25) is 0 Å². The van der Waals surface area contributed by atoms with Crippen LogP contribution < -0.4 is 11.1 Å². The molecule has 0 saturated heterocycles. The quantitative estimate of drug-likeness (QED) is 0.705. The summed E-state index contributed by atoms with van der Waals surface area (Å²) >= 11 is 4.93. The number of halogens is 1. The number of rotatable bonds is 3. The van der Waals surface area contributed by atoms with Crippen LogP contribution in [0, 0.1) is 5.82 Å². The van der Waals surface area contributed by atoms with Crippen molar-refractivity contribution in [3.63, 3.8) is 0 Å². The lowest BCUT2D eigenvalue weighted by Crippen LogP contribution is -2.14. The van der Waals surface area contributed by atoms with E-state index in [9.17, 15) is 4.39 Å². The Hall–Kier alpha value is -2.46. The number of benzene rings is 3. The summed E-state index contributed by atoms with van der Waals surface area (Å²) in [6, 6.07) is 18.7. The maximum absolute atomic E-state index is 13.8. The molecule has 0 unspecified atom stereocenters. The van der Waals surface area contributed by atoms with Gasteiger partial charge in [0.2, 0.25) is 0 Å². The van der Waals surface area contributed by atoms with E-state index in [4.69, 9.17) is 18.0 Å². The van der Waals surface area contributed by atoms with Crippen molar-refractivity contribution in [2.24, 2.45) is 5.73 Å². The van der Waals surface area contributed by atoms with Crippen molar-refractivity contribution in [1.29, 1.82) is 0 Å². The summed E-state index contributed by atoms with van der Waals surface area (Å²) in [6.45, 7) is 0. The van der Waals surface area contributed by atoms with Gasteiger partial charge >= 0.3 is 0 Å². The second kappa shape index (κ2) is 5.50. The second-order valence-electron chi connectivity index (χ2n) is 4.71. The van der Waals surface area contributed by atoms with Crippen LogP contribution in [0.5, 0.6) is 0 Å². The molecular weight excluding hydrogens is 283 g/mol. The first kappa shape index (κ1) is 13.5. The average Bonchev–Trinajstić information content (AvgIpc) is 2.47. The first-order chi connectivity index (χ1) is 10.1. The van der Waals surface area contributed by atoms with Crippen LogP contribution in [0.25, 0.3) is 10.8 Å². The molecule has 0 saturated carbocycles. The molecule has 0 aliphatic rings. The van der Waals surface area contributed by atoms with Crippen LogP contribution in [0.15, 0.2) is 60.7 Å². The number of nitrogens with one attached hydrogen (secondary N) is 1. The Morgan fingerprint density at radius 3 is 2.48 bits per heavy atom. The lowest BCUT2D eigenvalue weighted by atomic mass is 10.1. The summed E-state index contributed by atoms with van der Waals surface area (Å²) in [5, 5.41) is 5.44. The van der Waals surface area contributed by atoms with Crippen molar-refractivity contribution in [1.82, 2.24) is 0 Å². The van der Waals surface area contributed by atoms with E-state index in [1.165, 1.54) is 6.07 Å². The minimum absolute atomic E-state index is 0.0383. The number of fused-ring (bicyclic) bond motifs is 1. The van der Waals surface area contributed by atoms with Gasteiger partial charge in [0.15, 0.2) is 0 Å². The molecule has 0 aliphatic carbocycles. The second-order valence-corrected chi connectivity index (χ2v) is 5.15. The van der Waals surface area contributed by atoms with Crippen LogP contribution in [0.1, 0.15) is 5.56 Å². The molecule has 0 heterocycles. The summed E-state index contributed by atoms with van der Waals surface area (Å²) in [6.07, 6.45) is 0. The van der Waals surface area contributed by atoms with Crippen molar-refractivity contribution in [3.05, 3.63) is 72.0 Å². The Bertz CT molecular complexity index is 830. The minimum atomic E-state index is -0.423. The largest absolute Gasteiger partial charge is 0.389 e. The molecule has 104 valence electrons.